The number of quaternary nitrogens is 1. The summed E-state index contributed by atoms with van der Waals surface area (Å²) >= 11 is 0. The fourth-order valence-corrected chi connectivity index (χ4v) is 8.52. The summed E-state index contributed by atoms with van der Waals surface area (Å²) in [5.41, 5.74) is 0. The van der Waals surface area contributed by atoms with Crippen molar-refractivity contribution in [3.8, 4) is 0 Å². The number of hydrogen-bond donors (Lipinski definition) is 3. The van der Waals surface area contributed by atoms with Crippen molar-refractivity contribution >= 4 is 13.7 Å². The van der Waals surface area contributed by atoms with Gasteiger partial charge in [0.15, 0.2) is 0 Å². The van der Waals surface area contributed by atoms with Gasteiger partial charge in [-0.3, -0.25) is 13.8 Å². The highest BCUT2D eigenvalue weighted by molar-refractivity contribution is 7.47. The summed E-state index contributed by atoms with van der Waals surface area (Å²) in [6.07, 6.45) is 53.6. The van der Waals surface area contributed by atoms with E-state index < -0.39 is 20.0 Å². The lowest BCUT2D eigenvalue weighted by molar-refractivity contribution is -0.870. The summed E-state index contributed by atoms with van der Waals surface area (Å²) < 4.78 is 23.7. The Bertz CT molecular complexity index is 1050. The molecular weight excluding hydrogens is 780 g/mol. The fourth-order valence-electron chi connectivity index (χ4n) is 7.78. The van der Waals surface area contributed by atoms with Gasteiger partial charge in [0.25, 0.3) is 0 Å². The van der Waals surface area contributed by atoms with E-state index in [1.807, 2.05) is 21.1 Å². The Kier molecular flexibility index (Phi) is 43.5. The molecule has 0 spiro atoms. The smallest absolute Gasteiger partial charge is 0.391 e. The summed E-state index contributed by atoms with van der Waals surface area (Å²) in [7, 11) is 1.62. The zero-order chi connectivity index (χ0) is 45.0. The number of aliphatic hydroxyl groups excluding tert-OH is 1. The predicted molar refractivity (Wildman–Crippen MR) is 263 cm³/mol. The average molecular weight is 884 g/mol. The molecule has 0 fully saturated rings. The van der Waals surface area contributed by atoms with Gasteiger partial charge in [-0.1, -0.05) is 224 Å². The largest absolute Gasteiger partial charge is 0.472 e. The Hall–Kier alpha value is -1.02. The normalized spacial score (nSPS) is 14.3. The molecule has 8 nitrogen and oxygen atoms in total. The van der Waals surface area contributed by atoms with Gasteiger partial charge in [0.1, 0.15) is 13.2 Å². The van der Waals surface area contributed by atoms with Crippen LogP contribution in [0.15, 0.2) is 24.3 Å². The van der Waals surface area contributed by atoms with Crippen molar-refractivity contribution in [3.05, 3.63) is 24.3 Å². The van der Waals surface area contributed by atoms with Gasteiger partial charge in [-0.25, -0.2) is 4.57 Å². The van der Waals surface area contributed by atoms with E-state index in [1.54, 1.807) is 0 Å². The minimum Gasteiger partial charge on any atom is -0.391 e. The van der Waals surface area contributed by atoms with Gasteiger partial charge in [0, 0.05) is 6.42 Å². The lowest BCUT2D eigenvalue weighted by Gasteiger charge is -2.26. The highest BCUT2D eigenvalue weighted by Crippen LogP contribution is 2.43. The lowest BCUT2D eigenvalue weighted by atomic mass is 10.0. The summed E-state index contributed by atoms with van der Waals surface area (Å²) in [6.45, 7) is 4.89. The van der Waals surface area contributed by atoms with Gasteiger partial charge in [0.05, 0.1) is 39.9 Å². The number of amides is 1. The van der Waals surface area contributed by atoms with Gasteiger partial charge in [-0.05, 0) is 44.9 Å². The Labute approximate surface area is 379 Å². The molecule has 0 bridgehead atoms. The summed E-state index contributed by atoms with van der Waals surface area (Å²) in [5.74, 6) is -0.143. The van der Waals surface area contributed by atoms with E-state index in [-0.39, 0.29) is 19.1 Å². The van der Waals surface area contributed by atoms with Crippen molar-refractivity contribution in [1.82, 2.24) is 5.32 Å². The summed E-state index contributed by atoms with van der Waals surface area (Å²) in [4.78, 5) is 23.2. The maximum absolute atomic E-state index is 12.9. The van der Waals surface area contributed by atoms with Crippen LogP contribution in [-0.2, 0) is 18.4 Å². The van der Waals surface area contributed by atoms with Crippen molar-refractivity contribution in [2.75, 3.05) is 40.9 Å². The van der Waals surface area contributed by atoms with Crippen molar-refractivity contribution in [1.29, 1.82) is 0 Å². The molecule has 0 aliphatic carbocycles. The minimum absolute atomic E-state index is 0.0761. The molecule has 9 heteroatoms. The van der Waals surface area contributed by atoms with Crippen molar-refractivity contribution in [2.24, 2.45) is 0 Å². The molecule has 61 heavy (non-hydrogen) atoms. The number of likely N-dealkylation sites (N-methyl/N-ethyl adjacent to an activating group) is 1. The third-order valence-corrected chi connectivity index (χ3v) is 12.9. The number of phosphoric acid groups is 1. The predicted octanol–water partition coefficient (Wildman–Crippen LogP) is 15.3. The van der Waals surface area contributed by atoms with Crippen LogP contribution in [0, 0.1) is 0 Å². The monoisotopic (exact) mass is 884 g/mol. The molecular formula is C52H104N2O6P+. The lowest BCUT2D eigenvalue weighted by Crippen LogP contribution is -2.46. The molecule has 3 atom stereocenters. The number of carbonyl (C=O) groups excluding carboxylic acids is 1. The molecule has 3 N–H and O–H groups in total. The number of unbranched alkanes of at least 4 members (excludes halogenated alkanes) is 31. The number of rotatable bonds is 48. The third-order valence-electron chi connectivity index (χ3n) is 12.0. The standard InChI is InChI=1S/C52H103N2O6P/c1-6-8-10-12-14-16-18-20-21-22-23-24-25-26-27-28-29-30-31-32-33-34-36-38-40-42-44-46-52(56)53-50(49-60-61(57,58)59-48-47-54(3,4)5)51(55)45-43-41-39-37-35-19-17-15-13-11-9-7-2/h18,20,22-23,50-51,55H,6-17,19,21,24-49H2,1-5H3,(H-,53,56,57,58)/p+1/b20-18-,23-22-. The van der Waals surface area contributed by atoms with Gasteiger partial charge in [-0.15, -0.1) is 0 Å². The van der Waals surface area contributed by atoms with Gasteiger partial charge in [-0.2, -0.15) is 0 Å². The molecule has 1 amide bonds. The van der Waals surface area contributed by atoms with E-state index in [9.17, 15) is 19.4 Å². The highest BCUT2D eigenvalue weighted by Gasteiger charge is 2.28. The number of carbonyl (C=O) groups is 1. The summed E-state index contributed by atoms with van der Waals surface area (Å²) in [6, 6.07) is -0.757. The van der Waals surface area contributed by atoms with Crippen LogP contribution >= 0.6 is 7.82 Å². The molecule has 0 aliphatic rings. The molecule has 0 aliphatic heterocycles. The molecule has 0 aromatic carbocycles. The second kappa shape index (κ2) is 44.2. The van der Waals surface area contributed by atoms with E-state index in [0.717, 1.165) is 44.9 Å². The summed E-state index contributed by atoms with van der Waals surface area (Å²) in [5, 5.41) is 14.0. The zero-order valence-electron chi connectivity index (χ0n) is 41.2. The molecule has 0 aromatic heterocycles. The van der Waals surface area contributed by atoms with Crippen LogP contribution in [0.3, 0.4) is 0 Å². The maximum atomic E-state index is 12.9. The van der Waals surface area contributed by atoms with Crippen LogP contribution in [0.2, 0.25) is 0 Å². The van der Waals surface area contributed by atoms with Crippen molar-refractivity contribution in [3.63, 3.8) is 0 Å². The molecule has 0 saturated heterocycles. The van der Waals surface area contributed by atoms with Crippen molar-refractivity contribution < 1.29 is 32.9 Å². The second-order valence-corrected chi connectivity index (χ2v) is 20.7. The van der Waals surface area contributed by atoms with Crippen LogP contribution in [0.4, 0.5) is 0 Å². The SMILES string of the molecule is CCCCCCC/C=C\C/C=C\CCCCCCCCCCCCCCCCCC(=O)NC(COP(=O)(O)OCC[N+](C)(C)C)C(O)CCCCCCCCCCCCCC. The number of aliphatic hydroxyl groups is 1. The molecule has 0 aromatic rings. The first kappa shape index (κ1) is 60.0. The van der Waals surface area contributed by atoms with Gasteiger partial charge >= 0.3 is 7.82 Å². The Balaban J connectivity index is 4.09. The highest BCUT2D eigenvalue weighted by atomic mass is 31.2. The number of phosphoric ester groups is 1. The van der Waals surface area contributed by atoms with Crippen LogP contribution < -0.4 is 5.32 Å². The average Bonchev–Trinajstić information content (AvgIpc) is 3.21. The van der Waals surface area contributed by atoms with Crippen LogP contribution in [0.25, 0.3) is 0 Å². The molecule has 3 unspecified atom stereocenters. The quantitative estimate of drug-likeness (QED) is 0.0243. The Morgan fingerprint density at radius 1 is 0.557 bits per heavy atom. The van der Waals surface area contributed by atoms with Gasteiger partial charge in [0.2, 0.25) is 5.91 Å². The molecule has 0 rings (SSSR count). The van der Waals surface area contributed by atoms with E-state index in [4.69, 9.17) is 9.05 Å². The van der Waals surface area contributed by atoms with E-state index >= 15 is 0 Å². The number of allylic oxidation sites excluding steroid dienone is 4. The number of hydrogen-bond acceptors (Lipinski definition) is 5. The first-order valence-corrected chi connectivity index (χ1v) is 27.7. The van der Waals surface area contributed by atoms with Crippen LogP contribution in [0.1, 0.15) is 251 Å². The molecule has 362 valence electrons. The van der Waals surface area contributed by atoms with Crippen LogP contribution in [0.5, 0.6) is 0 Å². The van der Waals surface area contributed by atoms with Gasteiger partial charge < -0.3 is 19.8 Å². The van der Waals surface area contributed by atoms with Crippen LogP contribution in [-0.4, -0.2) is 73.4 Å². The van der Waals surface area contributed by atoms with E-state index in [0.29, 0.717) is 23.9 Å². The first-order chi connectivity index (χ1) is 29.5. The zero-order valence-corrected chi connectivity index (χ0v) is 42.1. The third kappa shape index (κ3) is 46.8. The van der Waals surface area contributed by atoms with Crippen molar-refractivity contribution in [2.45, 2.75) is 264 Å². The topological polar surface area (TPSA) is 105 Å². The second-order valence-electron chi connectivity index (χ2n) is 19.3. The first-order valence-electron chi connectivity index (χ1n) is 26.2. The fraction of sp³-hybridized carbons (Fsp3) is 0.904. The van der Waals surface area contributed by atoms with E-state index in [2.05, 4.69) is 43.5 Å². The number of nitrogens with zero attached hydrogens (tertiary/aromatic N) is 1. The Morgan fingerprint density at radius 2 is 0.934 bits per heavy atom. The van der Waals surface area contributed by atoms with E-state index in [1.165, 1.54) is 180 Å². The minimum atomic E-state index is -4.31. The molecule has 0 heterocycles. The molecule has 0 radical (unpaired) electrons. The Morgan fingerprint density at radius 3 is 1.34 bits per heavy atom. The maximum Gasteiger partial charge on any atom is 0.472 e. The molecule has 0 saturated carbocycles. The number of nitrogens with one attached hydrogen (secondary N) is 1.